The summed E-state index contributed by atoms with van der Waals surface area (Å²) in [6.45, 7) is 3.30. The smallest absolute Gasteiger partial charge is 0.313 e. The van der Waals surface area contributed by atoms with Gasteiger partial charge in [-0.3, -0.25) is 9.59 Å². The monoisotopic (exact) mass is 346 g/mol. The summed E-state index contributed by atoms with van der Waals surface area (Å²) in [5.41, 5.74) is -0.0811. The molecule has 0 spiro atoms. The Balaban J connectivity index is 2.66. The summed E-state index contributed by atoms with van der Waals surface area (Å²) in [6.07, 6.45) is 0. The minimum Gasteiger partial charge on any atom is -0.396 e. The number of halogens is 2. The predicted molar refractivity (Wildman–Crippen MR) is 76.6 cm³/mol. The van der Waals surface area contributed by atoms with Gasteiger partial charge in [0.1, 0.15) is 5.82 Å². The van der Waals surface area contributed by atoms with E-state index in [0.717, 1.165) is 0 Å². The number of amides is 2. The highest BCUT2D eigenvalue weighted by Gasteiger charge is 2.20. The molecule has 0 heterocycles. The molecule has 1 aromatic carbocycles. The Bertz CT molecular complexity index is 510. The minimum absolute atomic E-state index is 0.0811. The van der Waals surface area contributed by atoms with Crippen molar-refractivity contribution in [3.63, 3.8) is 0 Å². The first-order chi connectivity index (χ1) is 9.35. The summed E-state index contributed by atoms with van der Waals surface area (Å²) >= 11 is 3.15. The van der Waals surface area contributed by atoms with Crippen molar-refractivity contribution in [2.45, 2.75) is 19.9 Å². The fraction of sp³-hybridized carbons (Fsp3) is 0.385. The van der Waals surface area contributed by atoms with Gasteiger partial charge < -0.3 is 15.7 Å². The second kappa shape index (κ2) is 7.35. The first-order valence-electron chi connectivity index (χ1n) is 6.03. The molecule has 3 N–H and O–H groups in total. The van der Waals surface area contributed by atoms with Crippen LogP contribution < -0.4 is 10.6 Å². The highest BCUT2D eigenvalue weighted by Crippen LogP contribution is 2.19. The van der Waals surface area contributed by atoms with Crippen molar-refractivity contribution in [2.24, 2.45) is 5.92 Å². The highest BCUT2D eigenvalue weighted by atomic mass is 79.9. The standard InChI is InChI=1S/C13H16BrFN2O3/c1-7(6-18)8(2)16-12(19)13(20)17-11-5-9(14)3-4-10(11)15/h3-5,7-8,18H,6H2,1-2H3,(H,16,19)(H,17,20). The molecule has 2 unspecified atom stereocenters. The Labute approximate surface area is 124 Å². The fourth-order valence-electron chi connectivity index (χ4n) is 1.35. The number of aliphatic hydroxyl groups excluding tert-OH is 1. The van der Waals surface area contributed by atoms with Gasteiger partial charge in [0.2, 0.25) is 0 Å². The van der Waals surface area contributed by atoms with Gasteiger partial charge in [0.05, 0.1) is 5.69 Å². The van der Waals surface area contributed by atoms with Crippen LogP contribution in [-0.2, 0) is 9.59 Å². The number of hydrogen-bond acceptors (Lipinski definition) is 3. The summed E-state index contributed by atoms with van der Waals surface area (Å²) in [5.74, 6) is -2.66. The lowest BCUT2D eigenvalue weighted by atomic mass is 10.1. The van der Waals surface area contributed by atoms with Crippen LogP contribution in [0.4, 0.5) is 10.1 Å². The molecule has 0 radical (unpaired) electrons. The maximum atomic E-state index is 13.4. The van der Waals surface area contributed by atoms with Gasteiger partial charge in [0.15, 0.2) is 0 Å². The van der Waals surface area contributed by atoms with Gasteiger partial charge in [-0.05, 0) is 31.0 Å². The van der Waals surface area contributed by atoms with E-state index in [1.165, 1.54) is 18.2 Å². The maximum Gasteiger partial charge on any atom is 0.313 e. The lowest BCUT2D eigenvalue weighted by Crippen LogP contribution is -2.44. The molecule has 1 rings (SSSR count). The van der Waals surface area contributed by atoms with Gasteiger partial charge in [0.25, 0.3) is 0 Å². The van der Waals surface area contributed by atoms with E-state index >= 15 is 0 Å². The molecule has 1 aromatic rings. The molecule has 2 amide bonds. The molecule has 0 saturated carbocycles. The zero-order valence-corrected chi connectivity index (χ0v) is 12.7. The first-order valence-corrected chi connectivity index (χ1v) is 6.82. The van der Waals surface area contributed by atoms with Gasteiger partial charge in [-0.2, -0.15) is 0 Å². The molecule has 5 nitrogen and oxygen atoms in total. The Kier molecular flexibility index (Phi) is 6.09. The summed E-state index contributed by atoms with van der Waals surface area (Å²) in [4.78, 5) is 23.3. The van der Waals surface area contributed by atoms with E-state index in [2.05, 4.69) is 26.6 Å². The number of rotatable bonds is 4. The Hall–Kier alpha value is -1.47. The third-order valence-corrected chi connectivity index (χ3v) is 3.38. The van der Waals surface area contributed by atoms with Crippen molar-refractivity contribution < 1.29 is 19.1 Å². The van der Waals surface area contributed by atoms with E-state index in [9.17, 15) is 14.0 Å². The highest BCUT2D eigenvalue weighted by molar-refractivity contribution is 9.10. The van der Waals surface area contributed by atoms with Gasteiger partial charge in [0, 0.05) is 17.1 Å². The quantitative estimate of drug-likeness (QED) is 0.725. The molecule has 7 heteroatoms. The lowest BCUT2D eigenvalue weighted by Gasteiger charge is -2.18. The molecule has 20 heavy (non-hydrogen) atoms. The topological polar surface area (TPSA) is 78.4 Å². The number of hydrogen-bond donors (Lipinski definition) is 3. The number of carbonyl (C=O) groups excluding carboxylic acids is 2. The second-order valence-corrected chi connectivity index (χ2v) is 5.42. The molecule has 110 valence electrons. The predicted octanol–water partition coefficient (Wildman–Crippen LogP) is 1.66. The number of anilines is 1. The van der Waals surface area contributed by atoms with Crippen LogP contribution in [0.3, 0.4) is 0 Å². The molecular formula is C13H16BrFN2O3. The molecule has 2 atom stereocenters. The molecule has 0 fully saturated rings. The molecule has 0 aliphatic carbocycles. The van der Waals surface area contributed by atoms with Crippen LogP contribution in [0.5, 0.6) is 0 Å². The van der Waals surface area contributed by atoms with Crippen LogP contribution in [0.1, 0.15) is 13.8 Å². The zero-order chi connectivity index (χ0) is 15.3. The van der Waals surface area contributed by atoms with Crippen LogP contribution in [0.25, 0.3) is 0 Å². The largest absolute Gasteiger partial charge is 0.396 e. The Morgan fingerprint density at radius 1 is 1.35 bits per heavy atom. The van der Waals surface area contributed by atoms with Gasteiger partial charge in [-0.1, -0.05) is 22.9 Å². The van der Waals surface area contributed by atoms with Crippen molar-refractivity contribution in [1.82, 2.24) is 5.32 Å². The third-order valence-electron chi connectivity index (χ3n) is 2.88. The summed E-state index contributed by atoms with van der Waals surface area (Å²) in [7, 11) is 0. The molecule has 0 aliphatic rings. The number of nitrogens with one attached hydrogen (secondary N) is 2. The third kappa shape index (κ3) is 4.57. The average molecular weight is 347 g/mol. The number of carbonyl (C=O) groups is 2. The van der Waals surface area contributed by atoms with Crippen LogP contribution in [0.15, 0.2) is 22.7 Å². The van der Waals surface area contributed by atoms with Gasteiger partial charge >= 0.3 is 11.8 Å². The number of aliphatic hydroxyl groups is 1. The first kappa shape index (κ1) is 16.6. The van der Waals surface area contributed by atoms with Crippen molar-refractivity contribution in [3.05, 3.63) is 28.5 Å². The van der Waals surface area contributed by atoms with Gasteiger partial charge in [-0.15, -0.1) is 0 Å². The van der Waals surface area contributed by atoms with E-state index in [4.69, 9.17) is 5.11 Å². The summed E-state index contributed by atoms with van der Waals surface area (Å²) in [6, 6.07) is 3.65. The van der Waals surface area contributed by atoms with Crippen LogP contribution in [0, 0.1) is 11.7 Å². The van der Waals surface area contributed by atoms with E-state index < -0.39 is 17.6 Å². The Morgan fingerprint density at radius 3 is 2.60 bits per heavy atom. The summed E-state index contributed by atoms with van der Waals surface area (Å²) in [5, 5.41) is 13.6. The van der Waals surface area contributed by atoms with Crippen molar-refractivity contribution in [2.75, 3.05) is 11.9 Å². The normalized spacial score (nSPS) is 13.4. The van der Waals surface area contributed by atoms with Crippen molar-refractivity contribution in [1.29, 1.82) is 0 Å². The molecular weight excluding hydrogens is 331 g/mol. The Morgan fingerprint density at radius 2 is 2.00 bits per heavy atom. The number of benzene rings is 1. The summed E-state index contributed by atoms with van der Waals surface area (Å²) < 4.78 is 14.0. The molecule has 0 aliphatic heterocycles. The van der Waals surface area contributed by atoms with Gasteiger partial charge in [-0.25, -0.2) is 4.39 Å². The minimum atomic E-state index is -0.959. The molecule has 0 aromatic heterocycles. The van der Waals surface area contributed by atoms with E-state index in [1.54, 1.807) is 13.8 Å². The second-order valence-electron chi connectivity index (χ2n) is 4.50. The average Bonchev–Trinajstić information content (AvgIpc) is 2.41. The zero-order valence-electron chi connectivity index (χ0n) is 11.1. The van der Waals surface area contributed by atoms with Crippen LogP contribution in [0.2, 0.25) is 0 Å². The lowest BCUT2D eigenvalue weighted by molar-refractivity contribution is -0.136. The molecule has 0 bridgehead atoms. The van der Waals surface area contributed by atoms with E-state index in [1.807, 2.05) is 0 Å². The van der Waals surface area contributed by atoms with Crippen molar-refractivity contribution >= 4 is 33.4 Å². The van der Waals surface area contributed by atoms with E-state index in [-0.39, 0.29) is 24.3 Å². The van der Waals surface area contributed by atoms with E-state index in [0.29, 0.717) is 4.47 Å². The SMILES string of the molecule is CC(CO)C(C)NC(=O)C(=O)Nc1cc(Br)ccc1F. The van der Waals surface area contributed by atoms with Crippen LogP contribution >= 0.6 is 15.9 Å². The fourth-order valence-corrected chi connectivity index (χ4v) is 1.71. The van der Waals surface area contributed by atoms with Crippen molar-refractivity contribution in [3.8, 4) is 0 Å². The van der Waals surface area contributed by atoms with Crippen LogP contribution in [-0.4, -0.2) is 29.6 Å². The maximum absolute atomic E-state index is 13.4. The molecule has 0 saturated heterocycles.